The van der Waals surface area contributed by atoms with E-state index >= 15 is 0 Å². The molecule has 2 aromatic carbocycles. The van der Waals surface area contributed by atoms with E-state index in [2.05, 4.69) is 10.1 Å². The number of imidazole rings is 1. The summed E-state index contributed by atoms with van der Waals surface area (Å²) in [6.07, 6.45) is 5.27. The number of aromatic nitrogens is 2. The van der Waals surface area contributed by atoms with Gasteiger partial charge in [0.25, 0.3) is 0 Å². The Kier molecular flexibility index (Phi) is 4.41. The van der Waals surface area contributed by atoms with Gasteiger partial charge in [-0.2, -0.15) is 0 Å². The summed E-state index contributed by atoms with van der Waals surface area (Å²) >= 11 is 12.1. The van der Waals surface area contributed by atoms with E-state index < -0.39 is 0 Å². The number of halogens is 2. The Morgan fingerprint density at radius 2 is 1.88 bits per heavy atom. The van der Waals surface area contributed by atoms with Gasteiger partial charge in [0.1, 0.15) is 5.58 Å². The minimum Gasteiger partial charge on any atom is -0.454 e. The zero-order chi connectivity index (χ0) is 18.1. The van der Waals surface area contributed by atoms with Crippen LogP contribution >= 0.6 is 23.2 Å². The molecular formula is C19H13Cl2N3O2. The monoisotopic (exact) mass is 385 g/mol. The first kappa shape index (κ1) is 16.7. The van der Waals surface area contributed by atoms with Gasteiger partial charge in [-0.05, 0) is 30.3 Å². The van der Waals surface area contributed by atoms with Crippen molar-refractivity contribution in [3.05, 3.63) is 88.1 Å². The summed E-state index contributed by atoms with van der Waals surface area (Å²) in [6, 6.07) is 12.4. The van der Waals surface area contributed by atoms with Gasteiger partial charge in [0, 0.05) is 39.0 Å². The van der Waals surface area contributed by atoms with Gasteiger partial charge >= 0.3 is 0 Å². The molecule has 0 aliphatic carbocycles. The summed E-state index contributed by atoms with van der Waals surface area (Å²) in [7, 11) is 0. The predicted octanol–water partition coefficient (Wildman–Crippen LogP) is 5.21. The van der Waals surface area contributed by atoms with Gasteiger partial charge in [-0.25, -0.2) is 4.98 Å². The highest BCUT2D eigenvalue weighted by Gasteiger charge is 2.21. The average molecular weight is 386 g/mol. The highest BCUT2D eigenvalue weighted by Crippen LogP contribution is 2.31. The average Bonchev–Trinajstić information content (AvgIpc) is 3.27. The van der Waals surface area contributed by atoms with Crippen molar-refractivity contribution in [3.8, 4) is 0 Å². The fourth-order valence-electron chi connectivity index (χ4n) is 2.87. The van der Waals surface area contributed by atoms with Crippen molar-refractivity contribution >= 4 is 39.9 Å². The fraction of sp³-hybridized carbons (Fsp3) is 0.0526. The van der Waals surface area contributed by atoms with Crippen LogP contribution in [0.15, 0.2) is 70.8 Å². The molecule has 0 amide bonds. The summed E-state index contributed by atoms with van der Waals surface area (Å²) in [4.78, 5) is 4.07. The third-order valence-electron chi connectivity index (χ3n) is 4.09. The normalized spacial score (nSPS) is 12.0. The van der Waals surface area contributed by atoms with Gasteiger partial charge < -0.3 is 14.2 Å². The Hall–Kier alpha value is -2.76. The quantitative estimate of drug-likeness (QED) is 0.298. The van der Waals surface area contributed by atoms with E-state index in [9.17, 15) is 5.21 Å². The Morgan fingerprint density at radius 1 is 1.12 bits per heavy atom. The first-order valence-corrected chi connectivity index (χ1v) is 8.56. The topological polar surface area (TPSA) is 63.6 Å². The molecule has 130 valence electrons. The van der Waals surface area contributed by atoms with E-state index in [1.54, 1.807) is 48.9 Å². The minimum absolute atomic E-state index is 0.323. The summed E-state index contributed by atoms with van der Waals surface area (Å²) in [5.74, 6) is 0.473. The number of hydrogen-bond acceptors (Lipinski definition) is 4. The Balaban J connectivity index is 1.91. The maximum atomic E-state index is 9.68. The van der Waals surface area contributed by atoms with E-state index in [1.807, 2.05) is 16.8 Å². The zero-order valence-electron chi connectivity index (χ0n) is 13.4. The van der Waals surface area contributed by atoms with E-state index in [1.165, 1.54) is 0 Å². The first-order valence-electron chi connectivity index (χ1n) is 7.81. The molecule has 0 saturated heterocycles. The summed E-state index contributed by atoms with van der Waals surface area (Å²) in [6.45, 7) is 0.495. The molecule has 0 aliphatic heterocycles. The molecular weight excluding hydrogens is 373 g/mol. The Labute approximate surface area is 159 Å². The predicted molar refractivity (Wildman–Crippen MR) is 101 cm³/mol. The van der Waals surface area contributed by atoms with Crippen LogP contribution in [0.25, 0.3) is 11.0 Å². The van der Waals surface area contributed by atoms with Gasteiger partial charge in [-0.15, -0.1) is 0 Å². The Morgan fingerprint density at radius 3 is 2.58 bits per heavy atom. The molecule has 0 unspecified atom stereocenters. The van der Waals surface area contributed by atoms with E-state index in [-0.39, 0.29) is 0 Å². The molecule has 1 N–H and O–H groups in total. The third-order valence-corrected chi connectivity index (χ3v) is 4.57. The van der Waals surface area contributed by atoms with Crippen LogP contribution in [0.5, 0.6) is 0 Å². The molecule has 0 radical (unpaired) electrons. The largest absolute Gasteiger partial charge is 0.454 e. The maximum Gasteiger partial charge on any atom is 0.162 e. The highest BCUT2D eigenvalue weighted by atomic mass is 35.5. The molecule has 0 saturated carbocycles. The molecule has 0 bridgehead atoms. The SMILES string of the molecule is O/N=C(\c1ccc(Cl)cc1)c1oc2ccc(Cl)cc2c1Cn1ccnc1. The molecule has 2 heterocycles. The van der Waals surface area contributed by atoms with Crippen molar-refractivity contribution in [1.29, 1.82) is 0 Å². The first-order chi connectivity index (χ1) is 12.7. The molecule has 26 heavy (non-hydrogen) atoms. The molecule has 0 fully saturated rings. The summed E-state index contributed by atoms with van der Waals surface area (Å²) in [5, 5.41) is 15.2. The van der Waals surface area contributed by atoms with Gasteiger partial charge in [0.2, 0.25) is 0 Å². The van der Waals surface area contributed by atoms with Crippen molar-refractivity contribution in [2.45, 2.75) is 6.54 Å². The van der Waals surface area contributed by atoms with Crippen LogP contribution in [0.2, 0.25) is 10.0 Å². The number of rotatable bonds is 4. The fourth-order valence-corrected chi connectivity index (χ4v) is 3.17. The lowest BCUT2D eigenvalue weighted by Crippen LogP contribution is -2.07. The van der Waals surface area contributed by atoms with Crippen LogP contribution in [-0.2, 0) is 6.54 Å². The number of furan rings is 1. The minimum atomic E-state index is 0.323. The van der Waals surface area contributed by atoms with Crippen LogP contribution < -0.4 is 0 Å². The van der Waals surface area contributed by atoms with Crippen LogP contribution in [0.4, 0.5) is 0 Å². The van der Waals surface area contributed by atoms with Crippen molar-refractivity contribution in [2.24, 2.45) is 5.16 Å². The number of nitrogens with zero attached hydrogens (tertiary/aromatic N) is 3. The number of oxime groups is 1. The van der Waals surface area contributed by atoms with E-state index in [4.69, 9.17) is 27.6 Å². The summed E-state index contributed by atoms with van der Waals surface area (Å²) < 4.78 is 7.93. The number of fused-ring (bicyclic) bond motifs is 1. The van der Waals surface area contributed by atoms with Crippen molar-refractivity contribution < 1.29 is 9.62 Å². The van der Waals surface area contributed by atoms with Gasteiger partial charge in [-0.3, -0.25) is 0 Å². The van der Waals surface area contributed by atoms with E-state index in [0.29, 0.717) is 39.2 Å². The summed E-state index contributed by atoms with van der Waals surface area (Å²) in [5.41, 5.74) is 2.52. The van der Waals surface area contributed by atoms with Gasteiger partial charge in [0.05, 0.1) is 12.9 Å². The molecule has 0 aliphatic rings. The lowest BCUT2D eigenvalue weighted by atomic mass is 10.0. The molecule has 7 heteroatoms. The van der Waals surface area contributed by atoms with Gasteiger partial charge in [-0.1, -0.05) is 40.5 Å². The Bertz CT molecular complexity index is 1080. The highest BCUT2D eigenvalue weighted by molar-refractivity contribution is 6.31. The second-order valence-corrected chi connectivity index (χ2v) is 6.61. The second kappa shape index (κ2) is 6.86. The second-order valence-electron chi connectivity index (χ2n) is 5.74. The molecule has 4 rings (SSSR count). The van der Waals surface area contributed by atoms with Crippen LogP contribution in [0.1, 0.15) is 16.9 Å². The lowest BCUT2D eigenvalue weighted by Gasteiger charge is -2.07. The number of hydrogen-bond donors (Lipinski definition) is 1. The molecule has 5 nitrogen and oxygen atoms in total. The van der Waals surface area contributed by atoms with Crippen LogP contribution in [0, 0.1) is 0 Å². The smallest absolute Gasteiger partial charge is 0.162 e. The number of benzene rings is 2. The molecule has 0 atom stereocenters. The van der Waals surface area contributed by atoms with Crippen molar-refractivity contribution in [2.75, 3.05) is 0 Å². The molecule has 0 spiro atoms. The molecule has 4 aromatic rings. The van der Waals surface area contributed by atoms with E-state index in [0.717, 1.165) is 10.9 Å². The van der Waals surface area contributed by atoms with Crippen LogP contribution in [0.3, 0.4) is 0 Å². The lowest BCUT2D eigenvalue weighted by molar-refractivity contribution is 0.318. The van der Waals surface area contributed by atoms with Crippen molar-refractivity contribution in [3.63, 3.8) is 0 Å². The van der Waals surface area contributed by atoms with Crippen molar-refractivity contribution in [1.82, 2.24) is 9.55 Å². The van der Waals surface area contributed by atoms with Crippen LogP contribution in [-0.4, -0.2) is 20.5 Å². The maximum absolute atomic E-state index is 9.68. The standard InChI is InChI=1S/C19H13Cl2N3O2/c20-13-3-1-12(2-4-13)18(23-25)19-16(10-24-8-7-22-11-24)15-9-14(21)5-6-17(15)26-19/h1-9,11,25H,10H2/b23-18+. The zero-order valence-corrected chi connectivity index (χ0v) is 14.9. The molecule has 2 aromatic heterocycles. The van der Waals surface area contributed by atoms with Gasteiger partial charge in [0.15, 0.2) is 11.5 Å². The third kappa shape index (κ3) is 3.07.